The van der Waals surface area contributed by atoms with Crippen molar-refractivity contribution < 1.29 is 14.2 Å². The number of aromatic nitrogens is 1. The number of halogens is 2. The van der Waals surface area contributed by atoms with E-state index in [-0.39, 0.29) is 12.4 Å². The lowest BCUT2D eigenvalue weighted by Gasteiger charge is -2.08. The van der Waals surface area contributed by atoms with Crippen molar-refractivity contribution in [2.75, 3.05) is 0 Å². The Hall–Kier alpha value is -1.46. The first-order valence-corrected chi connectivity index (χ1v) is 6.65. The van der Waals surface area contributed by atoms with Gasteiger partial charge in [0.25, 0.3) is 0 Å². The molecule has 0 saturated heterocycles. The summed E-state index contributed by atoms with van der Waals surface area (Å²) >= 11 is 3.10. The fraction of sp³-hybridized carbons (Fsp3) is 0.214. The molecule has 1 aromatic carbocycles. The van der Waals surface area contributed by atoms with Crippen molar-refractivity contribution >= 4 is 15.9 Å². The Morgan fingerprint density at radius 3 is 2.74 bits per heavy atom. The van der Waals surface area contributed by atoms with Crippen LogP contribution in [-0.2, 0) is 13.0 Å². The second kappa shape index (κ2) is 6.12. The fourth-order valence-electron chi connectivity index (χ4n) is 1.61. The molecule has 1 aromatic heterocycles. The summed E-state index contributed by atoms with van der Waals surface area (Å²) in [6.07, 6.45) is 0.747. The number of aryl methyl sites for hydroxylation is 1. The normalized spacial score (nSPS) is 10.5. The lowest BCUT2D eigenvalue weighted by Crippen LogP contribution is -1.96. The van der Waals surface area contributed by atoms with Gasteiger partial charge in [0.15, 0.2) is 0 Å². The number of hydrogen-bond donors (Lipinski definition) is 1. The molecule has 100 valence electrons. The van der Waals surface area contributed by atoms with E-state index in [0.29, 0.717) is 16.1 Å². The van der Waals surface area contributed by atoms with Crippen LogP contribution in [0.4, 0.5) is 4.39 Å². The summed E-state index contributed by atoms with van der Waals surface area (Å²) < 4.78 is 19.0. The van der Waals surface area contributed by atoms with Gasteiger partial charge in [-0.15, -0.1) is 0 Å². The van der Waals surface area contributed by atoms with Crippen molar-refractivity contribution in [2.24, 2.45) is 0 Å². The molecule has 0 atom stereocenters. The lowest BCUT2D eigenvalue weighted by molar-refractivity contribution is 0.281. The van der Waals surface area contributed by atoms with Crippen LogP contribution >= 0.6 is 15.9 Å². The largest absolute Gasteiger partial charge is 0.439 e. The van der Waals surface area contributed by atoms with E-state index in [0.717, 1.165) is 17.7 Å². The smallest absolute Gasteiger partial charge is 0.219 e. The van der Waals surface area contributed by atoms with Gasteiger partial charge in [-0.25, -0.2) is 9.37 Å². The van der Waals surface area contributed by atoms with Crippen molar-refractivity contribution in [3.63, 3.8) is 0 Å². The quantitative estimate of drug-likeness (QED) is 0.928. The van der Waals surface area contributed by atoms with Gasteiger partial charge in [-0.1, -0.05) is 6.92 Å². The first-order chi connectivity index (χ1) is 9.12. The van der Waals surface area contributed by atoms with Gasteiger partial charge in [0.05, 0.1) is 11.1 Å². The van der Waals surface area contributed by atoms with Gasteiger partial charge in [-0.05, 0) is 52.2 Å². The van der Waals surface area contributed by atoms with Gasteiger partial charge in [-0.2, -0.15) is 0 Å². The molecular formula is C14H13BrFNO2. The first-order valence-electron chi connectivity index (χ1n) is 5.86. The van der Waals surface area contributed by atoms with Crippen molar-refractivity contribution in [2.45, 2.75) is 20.0 Å². The zero-order valence-corrected chi connectivity index (χ0v) is 11.9. The minimum atomic E-state index is -0.348. The fourth-order valence-corrected chi connectivity index (χ4v) is 1.96. The molecule has 19 heavy (non-hydrogen) atoms. The third-order valence-corrected chi connectivity index (χ3v) is 3.18. The van der Waals surface area contributed by atoms with Gasteiger partial charge >= 0.3 is 0 Å². The van der Waals surface area contributed by atoms with Crippen LogP contribution in [0.2, 0.25) is 0 Å². The highest BCUT2D eigenvalue weighted by molar-refractivity contribution is 9.10. The molecule has 1 heterocycles. The van der Waals surface area contributed by atoms with Crippen LogP contribution in [0.3, 0.4) is 0 Å². The Labute approximate surface area is 119 Å². The van der Waals surface area contributed by atoms with Crippen LogP contribution in [0.5, 0.6) is 11.6 Å². The summed E-state index contributed by atoms with van der Waals surface area (Å²) in [7, 11) is 0. The number of rotatable bonds is 4. The van der Waals surface area contributed by atoms with Gasteiger partial charge < -0.3 is 9.84 Å². The number of nitrogens with zero attached hydrogens (tertiary/aromatic N) is 1. The van der Waals surface area contributed by atoms with Crippen molar-refractivity contribution in [1.29, 1.82) is 0 Å². The molecule has 1 N–H and O–H groups in total. The monoisotopic (exact) mass is 325 g/mol. The molecule has 2 rings (SSSR count). The Morgan fingerprint density at radius 2 is 2.11 bits per heavy atom. The van der Waals surface area contributed by atoms with E-state index in [4.69, 9.17) is 4.74 Å². The predicted molar refractivity (Wildman–Crippen MR) is 73.7 cm³/mol. The highest BCUT2D eigenvalue weighted by Gasteiger charge is 2.06. The van der Waals surface area contributed by atoms with E-state index in [1.807, 2.05) is 13.0 Å². The first kappa shape index (κ1) is 14.0. The van der Waals surface area contributed by atoms with Crippen molar-refractivity contribution in [1.82, 2.24) is 4.98 Å². The standard InChI is InChI=1S/C14H13BrFNO2/c1-2-10-5-9(8-18)6-14(17-10)19-11-3-4-13(16)12(15)7-11/h3-7,18H,2,8H2,1H3. The van der Waals surface area contributed by atoms with Gasteiger partial charge in [0.2, 0.25) is 5.88 Å². The van der Waals surface area contributed by atoms with Gasteiger partial charge in [0.1, 0.15) is 11.6 Å². The summed E-state index contributed by atoms with van der Waals surface area (Å²) in [5, 5.41) is 9.19. The molecule has 0 amide bonds. The summed E-state index contributed by atoms with van der Waals surface area (Å²) in [4.78, 5) is 4.30. The summed E-state index contributed by atoms with van der Waals surface area (Å²) in [6, 6.07) is 7.87. The average molecular weight is 326 g/mol. The molecule has 0 fully saturated rings. The van der Waals surface area contributed by atoms with E-state index >= 15 is 0 Å². The Morgan fingerprint density at radius 1 is 1.32 bits per heavy atom. The maximum absolute atomic E-state index is 13.1. The van der Waals surface area contributed by atoms with E-state index < -0.39 is 0 Å². The van der Waals surface area contributed by atoms with Gasteiger partial charge in [-0.3, -0.25) is 0 Å². The number of pyridine rings is 1. The molecule has 0 aliphatic heterocycles. The summed E-state index contributed by atoms with van der Waals surface area (Å²) in [5.41, 5.74) is 1.57. The zero-order chi connectivity index (χ0) is 13.8. The molecule has 3 nitrogen and oxygen atoms in total. The minimum absolute atomic E-state index is 0.0704. The second-order valence-electron chi connectivity index (χ2n) is 3.99. The topological polar surface area (TPSA) is 42.4 Å². The Bertz CT molecular complexity index is 567. The highest BCUT2D eigenvalue weighted by atomic mass is 79.9. The highest BCUT2D eigenvalue weighted by Crippen LogP contribution is 2.26. The van der Waals surface area contributed by atoms with Crippen LogP contribution in [0.25, 0.3) is 0 Å². The predicted octanol–water partition coefficient (Wildman–Crippen LogP) is 3.83. The summed E-state index contributed by atoms with van der Waals surface area (Å²) in [5.74, 6) is 0.526. The Balaban J connectivity index is 2.29. The van der Waals surface area contributed by atoms with Crippen LogP contribution < -0.4 is 4.74 Å². The van der Waals surface area contributed by atoms with Gasteiger partial charge in [0, 0.05) is 11.8 Å². The number of aliphatic hydroxyl groups is 1. The maximum Gasteiger partial charge on any atom is 0.219 e. The number of hydrogen-bond acceptors (Lipinski definition) is 3. The zero-order valence-electron chi connectivity index (χ0n) is 10.4. The summed E-state index contributed by atoms with van der Waals surface area (Å²) in [6.45, 7) is 1.90. The molecule has 2 aromatic rings. The number of aliphatic hydroxyl groups excluding tert-OH is 1. The SMILES string of the molecule is CCc1cc(CO)cc(Oc2ccc(F)c(Br)c2)n1. The molecule has 0 unspecified atom stereocenters. The van der Waals surface area contributed by atoms with Crippen molar-refractivity contribution in [3.8, 4) is 11.6 Å². The molecular weight excluding hydrogens is 313 g/mol. The molecule has 0 saturated carbocycles. The molecule has 5 heteroatoms. The Kier molecular flexibility index (Phi) is 4.50. The minimum Gasteiger partial charge on any atom is -0.439 e. The van der Waals surface area contributed by atoms with Crippen LogP contribution in [-0.4, -0.2) is 10.1 Å². The third-order valence-electron chi connectivity index (χ3n) is 2.57. The van der Waals surface area contributed by atoms with Crippen LogP contribution in [0.1, 0.15) is 18.2 Å². The van der Waals surface area contributed by atoms with Crippen LogP contribution in [0, 0.1) is 5.82 Å². The number of ether oxygens (including phenoxy) is 1. The second-order valence-corrected chi connectivity index (χ2v) is 4.85. The third kappa shape index (κ3) is 3.52. The van der Waals surface area contributed by atoms with E-state index in [2.05, 4.69) is 20.9 Å². The molecule has 0 radical (unpaired) electrons. The molecule has 0 aliphatic rings. The van der Waals surface area contributed by atoms with E-state index in [9.17, 15) is 9.50 Å². The average Bonchev–Trinajstić information content (AvgIpc) is 2.42. The maximum atomic E-state index is 13.1. The van der Waals surface area contributed by atoms with E-state index in [1.54, 1.807) is 6.07 Å². The molecule has 0 spiro atoms. The van der Waals surface area contributed by atoms with Crippen molar-refractivity contribution in [3.05, 3.63) is 51.9 Å². The lowest BCUT2D eigenvalue weighted by atomic mass is 10.2. The van der Waals surface area contributed by atoms with E-state index in [1.165, 1.54) is 18.2 Å². The molecule has 0 aliphatic carbocycles. The van der Waals surface area contributed by atoms with Crippen LogP contribution in [0.15, 0.2) is 34.8 Å². The number of benzene rings is 1. The molecule has 0 bridgehead atoms.